The van der Waals surface area contributed by atoms with E-state index in [0.29, 0.717) is 0 Å². The van der Waals surface area contributed by atoms with E-state index in [4.69, 9.17) is 10.2 Å². The van der Waals surface area contributed by atoms with Crippen LogP contribution in [0.2, 0.25) is 0 Å². The fourth-order valence-electron chi connectivity index (χ4n) is 0.270. The van der Waals surface area contributed by atoms with Crippen molar-refractivity contribution in [3.63, 3.8) is 0 Å². The molecule has 0 fully saturated rings. The summed E-state index contributed by atoms with van der Waals surface area (Å²) in [5.41, 5.74) is 0. The number of rotatable bonds is 2. The Balaban J connectivity index is 0. The minimum absolute atomic E-state index is 0. The van der Waals surface area contributed by atoms with E-state index in [0.717, 1.165) is 13.8 Å². The van der Waals surface area contributed by atoms with Gasteiger partial charge < -0.3 is 14.9 Å². The van der Waals surface area contributed by atoms with Gasteiger partial charge in [-0.05, 0) is 13.8 Å². The SMILES string of the molecule is CC(O)C(=O)OC(=O)C(C)O.[Na]. The first kappa shape index (κ1) is 14.6. The van der Waals surface area contributed by atoms with E-state index in [1.165, 1.54) is 0 Å². The van der Waals surface area contributed by atoms with Gasteiger partial charge in [-0.3, -0.25) is 0 Å². The van der Waals surface area contributed by atoms with Crippen LogP contribution in [0.25, 0.3) is 0 Å². The number of ether oxygens (including phenoxy) is 1. The van der Waals surface area contributed by atoms with E-state index < -0.39 is 24.1 Å². The molecule has 0 aliphatic carbocycles. The summed E-state index contributed by atoms with van der Waals surface area (Å²) in [5, 5.41) is 17.1. The summed E-state index contributed by atoms with van der Waals surface area (Å²) in [4.78, 5) is 20.9. The predicted molar refractivity (Wildman–Crippen MR) is 40.2 cm³/mol. The third-order valence-corrected chi connectivity index (χ3v) is 0.883. The van der Waals surface area contributed by atoms with Gasteiger partial charge in [0.2, 0.25) is 0 Å². The number of esters is 2. The number of hydrogen-bond donors (Lipinski definition) is 2. The first-order valence-corrected chi connectivity index (χ1v) is 3.06. The molecule has 2 unspecified atom stereocenters. The minimum atomic E-state index is -1.35. The Morgan fingerprint density at radius 2 is 1.33 bits per heavy atom. The van der Waals surface area contributed by atoms with Gasteiger partial charge in [0.05, 0.1) is 0 Å². The molecule has 0 saturated carbocycles. The zero-order valence-electron chi connectivity index (χ0n) is 7.27. The van der Waals surface area contributed by atoms with Crippen LogP contribution in [0.4, 0.5) is 0 Å². The Hall–Kier alpha value is 0.0600. The normalized spacial score (nSPS) is 14.0. The summed E-state index contributed by atoms with van der Waals surface area (Å²) in [7, 11) is 0. The van der Waals surface area contributed by atoms with Crippen molar-refractivity contribution in [2.24, 2.45) is 0 Å². The van der Waals surface area contributed by atoms with Crippen LogP contribution in [0.1, 0.15) is 13.8 Å². The van der Waals surface area contributed by atoms with Crippen molar-refractivity contribution in [2.45, 2.75) is 26.1 Å². The van der Waals surface area contributed by atoms with Gasteiger partial charge in [-0.25, -0.2) is 9.59 Å². The molecule has 0 aliphatic heterocycles. The van der Waals surface area contributed by atoms with E-state index in [1.807, 2.05) is 0 Å². The fraction of sp³-hybridized carbons (Fsp3) is 0.667. The van der Waals surface area contributed by atoms with Crippen molar-refractivity contribution in [3.8, 4) is 0 Å². The van der Waals surface area contributed by atoms with E-state index >= 15 is 0 Å². The van der Waals surface area contributed by atoms with Gasteiger partial charge in [-0.15, -0.1) is 0 Å². The van der Waals surface area contributed by atoms with Crippen molar-refractivity contribution < 1.29 is 24.5 Å². The molecule has 65 valence electrons. The summed E-state index contributed by atoms with van der Waals surface area (Å²) >= 11 is 0. The predicted octanol–water partition coefficient (Wildman–Crippen LogP) is -1.56. The molecule has 0 aliphatic rings. The van der Waals surface area contributed by atoms with Gasteiger partial charge in [-0.1, -0.05) is 0 Å². The molecule has 0 bridgehead atoms. The zero-order chi connectivity index (χ0) is 9.02. The maximum absolute atomic E-state index is 10.5. The molecule has 5 nitrogen and oxygen atoms in total. The average Bonchev–Trinajstić information content (AvgIpc) is 1.87. The van der Waals surface area contributed by atoms with Crippen LogP contribution in [0.5, 0.6) is 0 Å². The summed E-state index contributed by atoms with van der Waals surface area (Å²) in [6, 6.07) is 0. The molecule has 0 saturated heterocycles. The second kappa shape index (κ2) is 6.56. The summed E-state index contributed by atoms with van der Waals surface area (Å²) < 4.78 is 4.00. The van der Waals surface area contributed by atoms with E-state index in [9.17, 15) is 9.59 Å². The van der Waals surface area contributed by atoms with Crippen molar-refractivity contribution in [3.05, 3.63) is 0 Å². The van der Waals surface area contributed by atoms with Gasteiger partial charge in [0.15, 0.2) is 0 Å². The number of aliphatic hydroxyl groups is 2. The first-order chi connectivity index (χ1) is 4.95. The third-order valence-electron chi connectivity index (χ3n) is 0.883. The molecule has 12 heavy (non-hydrogen) atoms. The minimum Gasteiger partial charge on any atom is -0.389 e. The molecule has 0 heterocycles. The molecule has 0 aromatic carbocycles. The largest absolute Gasteiger partial charge is 0.389 e. The number of carbonyl (C=O) groups excluding carboxylic acids is 2. The van der Waals surface area contributed by atoms with Crippen LogP contribution in [0.3, 0.4) is 0 Å². The molecule has 6 heteroatoms. The van der Waals surface area contributed by atoms with Crippen molar-refractivity contribution in [1.82, 2.24) is 0 Å². The second-order valence-corrected chi connectivity index (χ2v) is 2.09. The molecule has 0 aromatic heterocycles. The Kier molecular flexibility index (Phi) is 7.97. The quantitative estimate of drug-likeness (QED) is 0.308. The van der Waals surface area contributed by atoms with Gasteiger partial charge in [0.25, 0.3) is 0 Å². The molecule has 2 atom stereocenters. The molecular weight excluding hydrogens is 175 g/mol. The molecule has 1 radical (unpaired) electrons. The van der Waals surface area contributed by atoms with E-state index in [-0.39, 0.29) is 29.6 Å². The molecular formula is C6H10NaO5. The monoisotopic (exact) mass is 185 g/mol. The number of carbonyl (C=O) groups is 2. The summed E-state index contributed by atoms with van der Waals surface area (Å²) in [6.07, 6.45) is -2.70. The van der Waals surface area contributed by atoms with Crippen molar-refractivity contribution in [1.29, 1.82) is 0 Å². The van der Waals surface area contributed by atoms with Crippen LogP contribution in [-0.4, -0.2) is 63.9 Å². The molecule has 0 amide bonds. The number of hydrogen-bond acceptors (Lipinski definition) is 5. The van der Waals surface area contributed by atoms with Crippen LogP contribution < -0.4 is 0 Å². The molecule has 0 rings (SSSR count). The average molecular weight is 185 g/mol. The first-order valence-electron chi connectivity index (χ1n) is 3.06. The van der Waals surface area contributed by atoms with Crippen molar-refractivity contribution in [2.75, 3.05) is 0 Å². The van der Waals surface area contributed by atoms with Crippen LogP contribution in [0.15, 0.2) is 0 Å². The van der Waals surface area contributed by atoms with Gasteiger partial charge in [0, 0.05) is 29.6 Å². The van der Waals surface area contributed by atoms with Gasteiger partial charge >= 0.3 is 11.9 Å². The Morgan fingerprint density at radius 3 is 1.50 bits per heavy atom. The zero-order valence-corrected chi connectivity index (χ0v) is 9.27. The molecule has 0 aromatic rings. The Labute approximate surface area is 92.0 Å². The maximum atomic E-state index is 10.5. The van der Waals surface area contributed by atoms with Gasteiger partial charge in [-0.2, -0.15) is 0 Å². The van der Waals surface area contributed by atoms with Crippen LogP contribution in [-0.2, 0) is 14.3 Å². The Morgan fingerprint density at radius 1 is 1.08 bits per heavy atom. The van der Waals surface area contributed by atoms with Gasteiger partial charge in [0.1, 0.15) is 12.2 Å². The summed E-state index contributed by atoms with van der Waals surface area (Å²) in [6.45, 7) is 2.33. The van der Waals surface area contributed by atoms with Crippen LogP contribution >= 0.6 is 0 Å². The third kappa shape index (κ3) is 5.68. The molecule has 2 N–H and O–H groups in total. The van der Waals surface area contributed by atoms with E-state index in [2.05, 4.69) is 4.74 Å². The standard InChI is InChI=1S/C6H10O5.Na/c1-3(7)5(9)11-6(10)4(2)8;/h3-4,7-8H,1-2H3;. The second-order valence-electron chi connectivity index (χ2n) is 2.09. The maximum Gasteiger partial charge on any atom is 0.342 e. The number of aliphatic hydroxyl groups excluding tert-OH is 2. The smallest absolute Gasteiger partial charge is 0.342 e. The fourth-order valence-corrected chi connectivity index (χ4v) is 0.270. The Bertz CT molecular complexity index is 147. The van der Waals surface area contributed by atoms with E-state index in [1.54, 1.807) is 0 Å². The summed E-state index contributed by atoms with van der Waals surface area (Å²) in [5.74, 6) is -2.12. The topological polar surface area (TPSA) is 83.8 Å². The van der Waals surface area contributed by atoms with Crippen LogP contribution in [0, 0.1) is 0 Å². The van der Waals surface area contributed by atoms with Crippen molar-refractivity contribution >= 4 is 41.5 Å². The molecule has 0 spiro atoms.